The zero-order valence-electron chi connectivity index (χ0n) is 10.7. The van der Waals surface area contributed by atoms with E-state index >= 15 is 0 Å². The molecule has 0 spiro atoms. The van der Waals surface area contributed by atoms with Crippen LogP contribution in [0.5, 0.6) is 0 Å². The summed E-state index contributed by atoms with van der Waals surface area (Å²) in [5.74, 6) is 0. The monoisotopic (exact) mass is 264 g/mol. The van der Waals surface area contributed by atoms with Crippen LogP contribution in [-0.4, -0.2) is 41.2 Å². The Kier molecular flexibility index (Phi) is 4.90. The molecule has 2 N–H and O–H groups in total. The van der Waals surface area contributed by atoms with Crippen LogP contribution in [0.3, 0.4) is 0 Å². The predicted molar refractivity (Wildman–Crippen MR) is 77.3 cm³/mol. The summed E-state index contributed by atoms with van der Waals surface area (Å²) in [7, 11) is 1.85. The van der Waals surface area contributed by atoms with Gasteiger partial charge in [0.25, 0.3) is 0 Å². The maximum absolute atomic E-state index is 5.12. The van der Waals surface area contributed by atoms with Gasteiger partial charge in [0.05, 0.1) is 5.69 Å². The minimum atomic E-state index is 0.505. The number of piperidine rings is 1. The van der Waals surface area contributed by atoms with E-state index in [1.54, 1.807) is 0 Å². The maximum atomic E-state index is 5.12. The maximum Gasteiger partial charge on any atom is 0.166 e. The Bertz CT molecular complexity index is 374. The molecule has 2 rings (SSSR count). The van der Waals surface area contributed by atoms with Crippen LogP contribution in [0.4, 0.5) is 0 Å². The number of hydrogen-bond donors (Lipinski definition) is 2. The zero-order valence-corrected chi connectivity index (χ0v) is 11.5. The van der Waals surface area contributed by atoms with Crippen molar-refractivity contribution in [3.8, 4) is 0 Å². The number of hydrogen-bond acceptors (Lipinski definition) is 3. The molecule has 1 saturated heterocycles. The van der Waals surface area contributed by atoms with E-state index in [0.29, 0.717) is 6.04 Å². The smallest absolute Gasteiger partial charge is 0.166 e. The summed E-state index contributed by atoms with van der Waals surface area (Å²) in [6, 6.07) is 6.59. The average molecular weight is 264 g/mol. The third-order valence-corrected chi connectivity index (χ3v) is 3.58. The van der Waals surface area contributed by atoms with Crippen molar-refractivity contribution in [3.63, 3.8) is 0 Å². The van der Waals surface area contributed by atoms with Gasteiger partial charge in [0.1, 0.15) is 0 Å². The van der Waals surface area contributed by atoms with Crippen LogP contribution in [0, 0.1) is 0 Å². The van der Waals surface area contributed by atoms with E-state index in [9.17, 15) is 0 Å². The third-order valence-electron chi connectivity index (χ3n) is 3.26. The molecule has 1 aromatic rings. The summed E-state index contributed by atoms with van der Waals surface area (Å²) in [6.45, 7) is 3.14. The summed E-state index contributed by atoms with van der Waals surface area (Å²) in [5, 5.41) is 7.04. The Morgan fingerprint density at radius 3 is 2.83 bits per heavy atom. The lowest BCUT2D eigenvalue weighted by Gasteiger charge is -2.32. The molecule has 1 aromatic heterocycles. The van der Waals surface area contributed by atoms with E-state index in [-0.39, 0.29) is 0 Å². The van der Waals surface area contributed by atoms with Crippen LogP contribution in [0.25, 0.3) is 0 Å². The van der Waals surface area contributed by atoms with Gasteiger partial charge in [-0.05, 0) is 37.2 Å². The quantitative estimate of drug-likeness (QED) is 0.801. The molecule has 0 radical (unpaired) electrons. The second kappa shape index (κ2) is 6.66. The Morgan fingerprint density at radius 1 is 1.44 bits per heavy atom. The number of likely N-dealkylation sites (tertiary alicyclic amines) is 1. The van der Waals surface area contributed by atoms with E-state index < -0.39 is 0 Å². The van der Waals surface area contributed by atoms with Crippen LogP contribution >= 0.6 is 12.2 Å². The fraction of sp³-hybridized carbons (Fsp3) is 0.538. The lowest BCUT2D eigenvalue weighted by molar-refractivity contribution is 0.197. The van der Waals surface area contributed by atoms with Gasteiger partial charge in [-0.1, -0.05) is 6.07 Å². The topological polar surface area (TPSA) is 40.2 Å². The van der Waals surface area contributed by atoms with Gasteiger partial charge in [-0.2, -0.15) is 0 Å². The zero-order chi connectivity index (χ0) is 12.8. The molecule has 4 nitrogen and oxygen atoms in total. The molecule has 98 valence electrons. The van der Waals surface area contributed by atoms with Crippen LogP contribution in [-0.2, 0) is 6.54 Å². The minimum absolute atomic E-state index is 0.505. The van der Waals surface area contributed by atoms with Crippen molar-refractivity contribution >= 4 is 17.3 Å². The molecular formula is C13H20N4S. The second-order valence-corrected chi connectivity index (χ2v) is 5.00. The van der Waals surface area contributed by atoms with Crippen LogP contribution in [0.15, 0.2) is 24.4 Å². The number of rotatable bonds is 3. The van der Waals surface area contributed by atoms with Crippen molar-refractivity contribution in [3.05, 3.63) is 30.1 Å². The van der Waals surface area contributed by atoms with Crippen LogP contribution < -0.4 is 10.6 Å². The summed E-state index contributed by atoms with van der Waals surface area (Å²) in [5.41, 5.74) is 1.15. The fourth-order valence-corrected chi connectivity index (χ4v) is 2.38. The number of thiocarbonyl (C=S) groups is 1. The number of pyridine rings is 1. The van der Waals surface area contributed by atoms with Gasteiger partial charge in [0.15, 0.2) is 5.11 Å². The van der Waals surface area contributed by atoms with Gasteiger partial charge >= 0.3 is 0 Å². The first-order valence-electron chi connectivity index (χ1n) is 6.38. The SMILES string of the molecule is CNC(=S)NC1CCN(Cc2ccccn2)CC1. The van der Waals surface area contributed by atoms with Gasteiger partial charge < -0.3 is 10.6 Å². The Labute approximate surface area is 114 Å². The molecule has 1 aliphatic rings. The van der Waals surface area contributed by atoms with Gasteiger partial charge in [-0.25, -0.2) is 0 Å². The highest BCUT2D eigenvalue weighted by Gasteiger charge is 2.19. The number of nitrogens with zero attached hydrogens (tertiary/aromatic N) is 2. The minimum Gasteiger partial charge on any atom is -0.366 e. The summed E-state index contributed by atoms with van der Waals surface area (Å²) in [4.78, 5) is 6.81. The first kappa shape index (κ1) is 13.2. The summed E-state index contributed by atoms with van der Waals surface area (Å²) < 4.78 is 0. The Morgan fingerprint density at radius 2 is 2.22 bits per heavy atom. The van der Waals surface area contributed by atoms with Crippen LogP contribution in [0.2, 0.25) is 0 Å². The normalized spacial score (nSPS) is 17.4. The molecule has 0 unspecified atom stereocenters. The Hall–Kier alpha value is -1.20. The van der Waals surface area contributed by atoms with E-state index in [0.717, 1.165) is 43.3 Å². The van der Waals surface area contributed by atoms with Gasteiger partial charge in [-0.3, -0.25) is 9.88 Å². The average Bonchev–Trinajstić information content (AvgIpc) is 2.42. The standard InChI is InChI=1S/C13H20N4S/c1-14-13(18)16-11-5-8-17(9-6-11)10-12-4-2-3-7-15-12/h2-4,7,11H,5-6,8-10H2,1H3,(H2,14,16,18). The lowest BCUT2D eigenvalue weighted by atomic mass is 10.1. The van der Waals surface area contributed by atoms with Crippen molar-refractivity contribution in [2.75, 3.05) is 20.1 Å². The van der Waals surface area contributed by atoms with Crippen molar-refractivity contribution < 1.29 is 0 Å². The van der Waals surface area contributed by atoms with Crippen molar-refractivity contribution in [2.45, 2.75) is 25.4 Å². The molecule has 18 heavy (non-hydrogen) atoms. The number of aromatic nitrogens is 1. The molecule has 0 bridgehead atoms. The van der Waals surface area contributed by atoms with Crippen LogP contribution in [0.1, 0.15) is 18.5 Å². The van der Waals surface area contributed by atoms with Crippen molar-refractivity contribution in [1.82, 2.24) is 20.5 Å². The fourth-order valence-electron chi connectivity index (χ4n) is 2.21. The van der Waals surface area contributed by atoms with E-state index in [4.69, 9.17) is 12.2 Å². The largest absolute Gasteiger partial charge is 0.366 e. The molecule has 0 aromatic carbocycles. The van der Waals surface area contributed by atoms with E-state index in [1.807, 2.05) is 25.4 Å². The molecule has 2 heterocycles. The molecule has 0 aliphatic carbocycles. The predicted octanol–water partition coefficient (Wildman–Crippen LogP) is 1.14. The van der Waals surface area contributed by atoms with Gasteiger partial charge in [0, 0.05) is 38.9 Å². The van der Waals surface area contributed by atoms with E-state index in [2.05, 4.69) is 26.6 Å². The highest BCUT2D eigenvalue weighted by Crippen LogP contribution is 2.12. The first-order chi connectivity index (χ1) is 8.78. The third kappa shape index (κ3) is 3.92. The van der Waals surface area contributed by atoms with Gasteiger partial charge in [0.2, 0.25) is 0 Å². The molecule has 0 amide bonds. The first-order valence-corrected chi connectivity index (χ1v) is 6.79. The van der Waals surface area contributed by atoms with Crippen molar-refractivity contribution in [2.24, 2.45) is 0 Å². The lowest BCUT2D eigenvalue weighted by Crippen LogP contribution is -2.46. The van der Waals surface area contributed by atoms with Gasteiger partial charge in [-0.15, -0.1) is 0 Å². The molecule has 0 atom stereocenters. The molecule has 0 saturated carbocycles. The highest BCUT2D eigenvalue weighted by molar-refractivity contribution is 7.80. The molecule has 1 fully saturated rings. The number of nitrogens with one attached hydrogen (secondary N) is 2. The summed E-state index contributed by atoms with van der Waals surface area (Å²) in [6.07, 6.45) is 4.12. The summed E-state index contributed by atoms with van der Waals surface area (Å²) >= 11 is 5.12. The van der Waals surface area contributed by atoms with Crippen molar-refractivity contribution in [1.29, 1.82) is 0 Å². The van der Waals surface area contributed by atoms with E-state index in [1.165, 1.54) is 0 Å². The molecule has 5 heteroatoms. The molecule has 1 aliphatic heterocycles. The second-order valence-electron chi connectivity index (χ2n) is 4.59. The molecular weight excluding hydrogens is 244 g/mol. The highest BCUT2D eigenvalue weighted by atomic mass is 32.1. The Balaban J connectivity index is 1.75.